The molecule has 0 bridgehead atoms. The van der Waals surface area contributed by atoms with Gasteiger partial charge in [-0.3, -0.25) is 20.2 Å². The summed E-state index contributed by atoms with van der Waals surface area (Å²) >= 11 is 11.6. The van der Waals surface area contributed by atoms with Crippen LogP contribution in [0.5, 0.6) is 11.5 Å². The Balaban J connectivity index is 1.60. The highest BCUT2D eigenvalue weighted by Crippen LogP contribution is 2.30. The molecule has 0 aromatic heterocycles. The van der Waals surface area contributed by atoms with Crippen LogP contribution in [0.1, 0.15) is 10.4 Å². The first-order chi connectivity index (χ1) is 14.8. The fourth-order valence-corrected chi connectivity index (χ4v) is 3.77. The summed E-state index contributed by atoms with van der Waals surface area (Å²) in [6.07, 6.45) is 0. The van der Waals surface area contributed by atoms with Crippen LogP contribution >= 0.6 is 23.8 Å². The Labute approximate surface area is 189 Å². The highest BCUT2D eigenvalue weighted by Gasteiger charge is 2.23. The predicted octanol–water partition coefficient (Wildman–Crippen LogP) is 3.10. The number of benzene rings is 2. The van der Waals surface area contributed by atoms with Crippen molar-refractivity contribution < 1.29 is 19.2 Å². The largest absolute Gasteiger partial charge is 0.497 e. The Morgan fingerprint density at radius 1 is 1.10 bits per heavy atom. The summed E-state index contributed by atoms with van der Waals surface area (Å²) in [5.74, 6) is 0.649. The lowest BCUT2D eigenvalue weighted by molar-refractivity contribution is -0.384. The normalized spacial score (nSPS) is 13.5. The Morgan fingerprint density at radius 2 is 1.71 bits per heavy atom. The van der Waals surface area contributed by atoms with Gasteiger partial charge in [0.05, 0.1) is 29.9 Å². The molecule has 31 heavy (non-hydrogen) atoms. The van der Waals surface area contributed by atoms with Gasteiger partial charge in [-0.1, -0.05) is 11.6 Å². The van der Waals surface area contributed by atoms with Gasteiger partial charge in [0, 0.05) is 49.9 Å². The molecule has 1 amide bonds. The maximum Gasteiger partial charge on any atom is 0.271 e. The lowest BCUT2D eigenvalue weighted by Crippen LogP contribution is -2.52. The summed E-state index contributed by atoms with van der Waals surface area (Å²) in [7, 11) is 3.02. The molecule has 0 saturated carbocycles. The molecular formula is C20H21ClN4O5S. The van der Waals surface area contributed by atoms with Crippen LogP contribution in [0, 0.1) is 10.1 Å². The number of carbonyl (C=O) groups excluding carboxylic acids is 1. The van der Waals surface area contributed by atoms with Crippen LogP contribution in [-0.2, 0) is 0 Å². The maximum absolute atomic E-state index is 12.6. The molecule has 1 aliphatic rings. The standard InChI is InChI=1S/C20H21ClN4O5S/c1-29-15-9-13(10-16(12-15)30-2)19(26)22-20(31)24-7-5-23(6-8-24)18-4-3-14(25(27)28)11-17(18)21/h3-4,9-12H,5-8H2,1-2H3,(H,22,26,31). The number of halogens is 1. The quantitative estimate of drug-likeness (QED) is 0.409. The van der Waals surface area contributed by atoms with Crippen LogP contribution in [0.2, 0.25) is 5.02 Å². The van der Waals surface area contributed by atoms with E-state index in [-0.39, 0.29) is 11.6 Å². The molecule has 3 rings (SSSR count). The molecule has 11 heteroatoms. The molecule has 1 N–H and O–H groups in total. The zero-order valence-corrected chi connectivity index (χ0v) is 18.5. The second-order valence-corrected chi connectivity index (χ2v) is 7.52. The van der Waals surface area contributed by atoms with Gasteiger partial charge in [0.25, 0.3) is 11.6 Å². The molecular weight excluding hydrogens is 444 g/mol. The van der Waals surface area contributed by atoms with E-state index in [1.807, 2.05) is 9.80 Å². The van der Waals surface area contributed by atoms with E-state index in [0.717, 1.165) is 5.69 Å². The zero-order valence-electron chi connectivity index (χ0n) is 17.0. The SMILES string of the molecule is COc1cc(OC)cc(C(=O)NC(=S)N2CCN(c3ccc([N+](=O)[O-])cc3Cl)CC2)c1. The molecule has 164 valence electrons. The summed E-state index contributed by atoms with van der Waals surface area (Å²) in [6.45, 7) is 2.32. The van der Waals surface area contributed by atoms with Crippen LogP contribution in [-0.4, -0.2) is 61.2 Å². The van der Waals surface area contributed by atoms with Crippen LogP contribution in [0.3, 0.4) is 0 Å². The van der Waals surface area contributed by atoms with Gasteiger partial charge >= 0.3 is 0 Å². The molecule has 0 unspecified atom stereocenters. The predicted molar refractivity (Wildman–Crippen MR) is 122 cm³/mol. The molecule has 0 aliphatic carbocycles. The molecule has 2 aromatic rings. The molecule has 0 atom stereocenters. The average molecular weight is 465 g/mol. The van der Waals surface area contributed by atoms with Gasteiger partial charge in [-0.15, -0.1) is 0 Å². The first-order valence-electron chi connectivity index (χ1n) is 9.34. The van der Waals surface area contributed by atoms with Crippen molar-refractivity contribution in [3.05, 3.63) is 57.1 Å². The van der Waals surface area contributed by atoms with E-state index in [4.69, 9.17) is 33.3 Å². The van der Waals surface area contributed by atoms with E-state index in [1.54, 1.807) is 24.3 Å². The van der Waals surface area contributed by atoms with Crippen LogP contribution < -0.4 is 19.7 Å². The Kier molecular flexibility index (Phi) is 7.13. The number of non-ortho nitro benzene ring substituents is 1. The number of piperazine rings is 1. The number of nitro groups is 1. The van der Waals surface area contributed by atoms with E-state index in [2.05, 4.69) is 5.32 Å². The zero-order chi connectivity index (χ0) is 22.5. The lowest BCUT2D eigenvalue weighted by Gasteiger charge is -2.37. The minimum Gasteiger partial charge on any atom is -0.497 e. The van der Waals surface area contributed by atoms with Crippen molar-refractivity contribution in [3.63, 3.8) is 0 Å². The Hall–Kier alpha value is -3.11. The topological polar surface area (TPSA) is 97.2 Å². The van der Waals surface area contributed by atoms with Crippen molar-refractivity contribution in [2.45, 2.75) is 0 Å². The summed E-state index contributed by atoms with van der Waals surface area (Å²) in [4.78, 5) is 27.0. The average Bonchev–Trinajstić information content (AvgIpc) is 2.78. The molecule has 1 saturated heterocycles. The third-order valence-corrected chi connectivity index (χ3v) is 5.55. The van der Waals surface area contributed by atoms with E-state index < -0.39 is 4.92 Å². The van der Waals surface area contributed by atoms with Gasteiger partial charge in [-0.2, -0.15) is 0 Å². The number of ether oxygens (including phenoxy) is 2. The molecule has 1 fully saturated rings. The number of nitro benzene ring substituents is 1. The molecule has 2 aromatic carbocycles. The van der Waals surface area contributed by atoms with Crippen LogP contribution in [0.25, 0.3) is 0 Å². The minimum absolute atomic E-state index is 0.0505. The molecule has 0 radical (unpaired) electrons. The first kappa shape index (κ1) is 22.6. The second-order valence-electron chi connectivity index (χ2n) is 6.73. The number of nitrogens with zero attached hydrogens (tertiary/aromatic N) is 3. The van der Waals surface area contributed by atoms with E-state index in [1.165, 1.54) is 26.4 Å². The number of rotatable bonds is 5. The van der Waals surface area contributed by atoms with Crippen molar-refractivity contribution in [2.24, 2.45) is 0 Å². The maximum atomic E-state index is 12.6. The van der Waals surface area contributed by atoms with Gasteiger partial charge < -0.3 is 19.3 Å². The number of nitrogens with one attached hydrogen (secondary N) is 1. The summed E-state index contributed by atoms with van der Waals surface area (Å²) in [5.41, 5.74) is 1.05. The fraction of sp³-hybridized carbons (Fsp3) is 0.300. The van der Waals surface area contributed by atoms with E-state index >= 15 is 0 Å². The highest BCUT2D eigenvalue weighted by molar-refractivity contribution is 7.80. The summed E-state index contributed by atoms with van der Waals surface area (Å²) in [5, 5.41) is 14.3. The minimum atomic E-state index is -0.480. The second kappa shape index (κ2) is 9.80. The van der Waals surface area contributed by atoms with Gasteiger partial charge in [0.1, 0.15) is 11.5 Å². The number of amides is 1. The monoisotopic (exact) mass is 464 g/mol. The molecule has 0 spiro atoms. The third-order valence-electron chi connectivity index (χ3n) is 4.88. The summed E-state index contributed by atoms with van der Waals surface area (Å²) in [6, 6.07) is 9.31. The number of carbonyl (C=O) groups is 1. The first-order valence-corrected chi connectivity index (χ1v) is 10.1. The number of methoxy groups -OCH3 is 2. The Morgan fingerprint density at radius 3 is 2.23 bits per heavy atom. The fourth-order valence-electron chi connectivity index (χ4n) is 3.20. The molecule has 1 heterocycles. The smallest absolute Gasteiger partial charge is 0.271 e. The van der Waals surface area contributed by atoms with Gasteiger partial charge in [0.15, 0.2) is 5.11 Å². The van der Waals surface area contributed by atoms with Crippen molar-refractivity contribution in [3.8, 4) is 11.5 Å². The summed E-state index contributed by atoms with van der Waals surface area (Å²) < 4.78 is 10.4. The number of anilines is 1. The number of hydrogen-bond donors (Lipinski definition) is 1. The third kappa shape index (κ3) is 5.33. The molecule has 9 nitrogen and oxygen atoms in total. The number of thiocarbonyl (C=S) groups is 1. The van der Waals surface area contributed by atoms with Gasteiger partial charge in [-0.25, -0.2) is 0 Å². The van der Waals surface area contributed by atoms with Crippen molar-refractivity contribution in [1.29, 1.82) is 0 Å². The van der Waals surface area contributed by atoms with Crippen molar-refractivity contribution >= 4 is 46.2 Å². The highest BCUT2D eigenvalue weighted by atomic mass is 35.5. The van der Waals surface area contributed by atoms with Gasteiger partial charge in [-0.05, 0) is 30.4 Å². The van der Waals surface area contributed by atoms with Gasteiger partial charge in [0.2, 0.25) is 0 Å². The molecule has 1 aliphatic heterocycles. The van der Waals surface area contributed by atoms with Crippen molar-refractivity contribution in [1.82, 2.24) is 10.2 Å². The van der Waals surface area contributed by atoms with Crippen molar-refractivity contribution in [2.75, 3.05) is 45.3 Å². The van der Waals surface area contributed by atoms with Crippen LogP contribution in [0.15, 0.2) is 36.4 Å². The Bertz CT molecular complexity index is 989. The van der Waals surface area contributed by atoms with E-state index in [9.17, 15) is 14.9 Å². The lowest BCUT2D eigenvalue weighted by atomic mass is 10.2. The van der Waals surface area contributed by atoms with Crippen LogP contribution in [0.4, 0.5) is 11.4 Å². The number of hydrogen-bond acceptors (Lipinski definition) is 7. The van der Waals surface area contributed by atoms with E-state index in [0.29, 0.717) is 53.4 Å².